The van der Waals surface area contributed by atoms with Gasteiger partial charge in [-0.25, -0.2) is 9.18 Å². The van der Waals surface area contributed by atoms with Crippen LogP contribution in [0.2, 0.25) is 0 Å². The van der Waals surface area contributed by atoms with E-state index in [4.69, 9.17) is 4.74 Å². The topological polar surface area (TPSA) is 49.9 Å². The zero-order valence-electron chi connectivity index (χ0n) is 14.6. The number of fused-ring (bicyclic) bond motifs is 2. The lowest BCUT2D eigenvalue weighted by molar-refractivity contribution is -0.124. The van der Waals surface area contributed by atoms with Gasteiger partial charge in [0, 0.05) is 25.8 Å². The fraction of sp³-hybridized carbons (Fsp3) is 0.556. The molecule has 1 aromatic rings. The minimum absolute atomic E-state index is 0.0214. The highest BCUT2D eigenvalue weighted by molar-refractivity contribution is 6.07. The SMILES string of the molecule is CN1C(=O)C2(CCN(C(=O)OC(C)(C)C)CC2)c2cc(F)ccc21. The normalized spacial score (nSPS) is 19.6. The Morgan fingerprint density at radius 2 is 1.88 bits per heavy atom. The van der Waals surface area contributed by atoms with Crippen LogP contribution in [0.25, 0.3) is 0 Å². The number of carbonyl (C=O) groups is 2. The molecule has 1 spiro atoms. The van der Waals surface area contributed by atoms with Crippen LogP contribution in [0.4, 0.5) is 14.9 Å². The number of rotatable bonds is 0. The molecule has 6 heteroatoms. The summed E-state index contributed by atoms with van der Waals surface area (Å²) in [5.74, 6) is -0.363. The van der Waals surface area contributed by atoms with Gasteiger partial charge in [-0.05, 0) is 57.4 Å². The third-order valence-corrected chi connectivity index (χ3v) is 4.82. The first-order chi connectivity index (χ1) is 11.1. The molecule has 1 saturated heterocycles. The van der Waals surface area contributed by atoms with E-state index in [1.807, 2.05) is 20.8 Å². The van der Waals surface area contributed by atoms with Crippen molar-refractivity contribution in [3.63, 3.8) is 0 Å². The monoisotopic (exact) mass is 334 g/mol. The highest BCUT2D eigenvalue weighted by atomic mass is 19.1. The smallest absolute Gasteiger partial charge is 0.410 e. The molecule has 0 atom stereocenters. The van der Waals surface area contributed by atoms with Crippen molar-refractivity contribution in [1.82, 2.24) is 4.90 Å². The van der Waals surface area contributed by atoms with Gasteiger partial charge in [-0.2, -0.15) is 0 Å². The number of likely N-dealkylation sites (N-methyl/N-ethyl adjacent to an activating group) is 1. The molecule has 0 N–H and O–H groups in total. The molecule has 2 heterocycles. The molecular formula is C18H23FN2O3. The first kappa shape index (κ1) is 16.7. The first-order valence-electron chi connectivity index (χ1n) is 8.20. The van der Waals surface area contributed by atoms with Crippen molar-refractivity contribution < 1.29 is 18.7 Å². The van der Waals surface area contributed by atoms with E-state index < -0.39 is 11.0 Å². The van der Waals surface area contributed by atoms with Crippen LogP contribution in [-0.2, 0) is 14.9 Å². The number of hydrogen-bond donors (Lipinski definition) is 0. The van der Waals surface area contributed by atoms with E-state index in [1.54, 1.807) is 22.9 Å². The Hall–Kier alpha value is -2.11. The lowest BCUT2D eigenvalue weighted by Crippen LogP contribution is -2.50. The summed E-state index contributed by atoms with van der Waals surface area (Å²) >= 11 is 0. The Morgan fingerprint density at radius 1 is 1.25 bits per heavy atom. The van der Waals surface area contributed by atoms with E-state index in [0.29, 0.717) is 25.9 Å². The molecule has 3 rings (SSSR count). The van der Waals surface area contributed by atoms with Gasteiger partial charge in [0.05, 0.1) is 5.41 Å². The van der Waals surface area contributed by atoms with Gasteiger partial charge in [-0.15, -0.1) is 0 Å². The number of nitrogens with zero attached hydrogens (tertiary/aromatic N) is 2. The molecule has 5 nitrogen and oxygen atoms in total. The molecule has 24 heavy (non-hydrogen) atoms. The third-order valence-electron chi connectivity index (χ3n) is 4.82. The fourth-order valence-corrected chi connectivity index (χ4v) is 3.61. The summed E-state index contributed by atoms with van der Waals surface area (Å²) in [6, 6.07) is 4.48. The molecule has 1 aromatic carbocycles. The molecule has 130 valence electrons. The molecule has 0 radical (unpaired) electrons. The van der Waals surface area contributed by atoms with E-state index in [-0.39, 0.29) is 17.8 Å². The van der Waals surface area contributed by atoms with Gasteiger partial charge < -0.3 is 14.5 Å². The van der Waals surface area contributed by atoms with E-state index in [2.05, 4.69) is 0 Å². The summed E-state index contributed by atoms with van der Waals surface area (Å²) in [7, 11) is 1.72. The maximum absolute atomic E-state index is 13.7. The molecule has 1 fully saturated rings. The van der Waals surface area contributed by atoms with Gasteiger partial charge in [0.25, 0.3) is 0 Å². The van der Waals surface area contributed by atoms with Crippen molar-refractivity contribution in [2.24, 2.45) is 0 Å². The predicted octanol–water partition coefficient (Wildman–Crippen LogP) is 3.07. The zero-order valence-corrected chi connectivity index (χ0v) is 14.6. The molecular weight excluding hydrogens is 311 g/mol. The second-order valence-electron chi connectivity index (χ2n) is 7.58. The number of ether oxygens (including phenoxy) is 1. The molecule has 0 saturated carbocycles. The van der Waals surface area contributed by atoms with Crippen molar-refractivity contribution in [2.45, 2.75) is 44.6 Å². The zero-order chi connectivity index (χ0) is 17.7. The van der Waals surface area contributed by atoms with E-state index in [0.717, 1.165) is 11.3 Å². The Bertz CT molecular complexity index is 688. The Morgan fingerprint density at radius 3 is 2.46 bits per heavy atom. The summed E-state index contributed by atoms with van der Waals surface area (Å²) < 4.78 is 19.1. The van der Waals surface area contributed by atoms with Gasteiger partial charge in [-0.1, -0.05) is 0 Å². The number of likely N-dealkylation sites (tertiary alicyclic amines) is 1. The van der Waals surface area contributed by atoms with E-state index in [1.165, 1.54) is 12.1 Å². The Labute approximate surface area is 141 Å². The van der Waals surface area contributed by atoms with Gasteiger partial charge in [0.2, 0.25) is 5.91 Å². The molecule has 0 bridgehead atoms. The summed E-state index contributed by atoms with van der Waals surface area (Å²) in [5.41, 5.74) is 0.210. The van der Waals surface area contributed by atoms with Crippen LogP contribution in [0, 0.1) is 5.82 Å². The van der Waals surface area contributed by atoms with Gasteiger partial charge in [0.1, 0.15) is 11.4 Å². The van der Waals surface area contributed by atoms with E-state index in [9.17, 15) is 14.0 Å². The number of piperidine rings is 1. The van der Waals surface area contributed by atoms with Crippen molar-refractivity contribution in [1.29, 1.82) is 0 Å². The summed E-state index contributed by atoms with van der Waals surface area (Å²) in [5, 5.41) is 0. The number of halogens is 1. The van der Waals surface area contributed by atoms with Gasteiger partial charge in [0.15, 0.2) is 0 Å². The lowest BCUT2D eigenvalue weighted by Gasteiger charge is -2.38. The third kappa shape index (κ3) is 2.64. The number of anilines is 1. The van der Waals surface area contributed by atoms with Crippen molar-refractivity contribution in [3.05, 3.63) is 29.6 Å². The highest BCUT2D eigenvalue weighted by Gasteiger charge is 2.51. The van der Waals surface area contributed by atoms with Crippen LogP contribution in [0.5, 0.6) is 0 Å². The fourth-order valence-electron chi connectivity index (χ4n) is 3.61. The highest BCUT2D eigenvalue weighted by Crippen LogP contribution is 2.47. The number of hydrogen-bond acceptors (Lipinski definition) is 3. The average molecular weight is 334 g/mol. The number of carbonyl (C=O) groups excluding carboxylic acids is 2. The quantitative estimate of drug-likeness (QED) is 0.733. The van der Waals surface area contributed by atoms with Crippen LogP contribution in [0.3, 0.4) is 0 Å². The summed E-state index contributed by atoms with van der Waals surface area (Å²) in [6.45, 7) is 6.31. The second kappa shape index (κ2) is 5.46. The molecule has 0 unspecified atom stereocenters. The predicted molar refractivity (Wildman–Crippen MR) is 88.5 cm³/mol. The van der Waals surface area contributed by atoms with Crippen molar-refractivity contribution in [3.8, 4) is 0 Å². The van der Waals surface area contributed by atoms with Crippen LogP contribution < -0.4 is 4.90 Å². The minimum atomic E-state index is -0.731. The standard InChI is InChI=1S/C18H23FN2O3/c1-17(2,3)24-16(23)21-9-7-18(8-10-21)13-11-12(19)5-6-14(13)20(4)15(18)22/h5-6,11H,7-10H2,1-4H3. The molecule has 2 amide bonds. The average Bonchev–Trinajstić information content (AvgIpc) is 2.69. The van der Waals surface area contributed by atoms with Crippen molar-refractivity contribution >= 4 is 17.7 Å². The largest absolute Gasteiger partial charge is 0.444 e. The summed E-state index contributed by atoms with van der Waals surface area (Å²) in [6.07, 6.45) is 0.591. The number of amides is 2. The van der Waals surface area contributed by atoms with Crippen LogP contribution in [-0.4, -0.2) is 42.6 Å². The number of benzene rings is 1. The van der Waals surface area contributed by atoms with Gasteiger partial charge in [-0.3, -0.25) is 4.79 Å². The molecule has 2 aliphatic rings. The lowest BCUT2D eigenvalue weighted by atomic mass is 9.73. The Kier molecular flexibility index (Phi) is 3.81. The Balaban J connectivity index is 1.82. The maximum Gasteiger partial charge on any atom is 0.410 e. The second-order valence-corrected chi connectivity index (χ2v) is 7.58. The van der Waals surface area contributed by atoms with E-state index >= 15 is 0 Å². The first-order valence-corrected chi connectivity index (χ1v) is 8.20. The van der Waals surface area contributed by atoms with Crippen molar-refractivity contribution in [2.75, 3.05) is 25.0 Å². The molecule has 0 aromatic heterocycles. The van der Waals surface area contributed by atoms with Crippen LogP contribution >= 0.6 is 0 Å². The minimum Gasteiger partial charge on any atom is -0.444 e. The maximum atomic E-state index is 13.7. The van der Waals surface area contributed by atoms with Crippen LogP contribution in [0.15, 0.2) is 18.2 Å². The molecule has 0 aliphatic carbocycles. The summed E-state index contributed by atoms with van der Waals surface area (Å²) in [4.78, 5) is 28.3. The van der Waals surface area contributed by atoms with Crippen LogP contribution in [0.1, 0.15) is 39.2 Å². The van der Waals surface area contributed by atoms with Gasteiger partial charge >= 0.3 is 6.09 Å². The molecule has 2 aliphatic heterocycles.